The van der Waals surface area contributed by atoms with E-state index in [0.29, 0.717) is 48.5 Å². The van der Waals surface area contributed by atoms with Crippen molar-refractivity contribution in [3.63, 3.8) is 0 Å². The molecule has 5 rings (SSSR count). The molecule has 0 aliphatic rings. The molecule has 5 aromatic carbocycles. The molecular formula is C29H24N4O21S9. The minimum absolute atomic E-state index is 0.0865. The largest absolute Gasteiger partial charge is 0.332 e. The van der Waals surface area contributed by atoms with Crippen LogP contribution < -0.4 is 21.3 Å². The zero-order chi connectivity index (χ0) is 47.8. The summed E-state index contributed by atoms with van der Waals surface area (Å²) in [5, 5.41) is 5.68. The van der Waals surface area contributed by atoms with Crippen LogP contribution in [0.25, 0.3) is 21.5 Å². The highest BCUT2D eigenvalue weighted by molar-refractivity contribution is 7.88. The van der Waals surface area contributed by atoms with E-state index in [4.69, 9.17) is 24.4 Å². The first-order valence-electron chi connectivity index (χ1n) is 15.7. The van der Waals surface area contributed by atoms with Crippen molar-refractivity contribution in [3.8, 4) is 0 Å². The molecule has 0 radical (unpaired) electrons. The second-order valence-corrected chi connectivity index (χ2v) is 23.3. The highest BCUT2D eigenvalue weighted by atomic mass is 32.2. The van der Waals surface area contributed by atoms with E-state index < -0.39 is 148 Å². The van der Waals surface area contributed by atoms with E-state index in [1.807, 2.05) is 0 Å². The summed E-state index contributed by atoms with van der Waals surface area (Å²) < 4.78 is 239. The maximum absolute atomic E-state index is 12.4. The van der Waals surface area contributed by atoms with E-state index in [-0.39, 0.29) is 16.9 Å². The van der Waals surface area contributed by atoms with Gasteiger partial charge in [-0.25, -0.2) is 0 Å². The number of anilines is 4. The molecule has 0 aromatic heterocycles. The molecule has 0 aliphatic heterocycles. The van der Waals surface area contributed by atoms with Crippen LogP contribution in [0.1, 0.15) is 5.56 Å². The lowest BCUT2D eigenvalue weighted by Gasteiger charge is -2.20. The smallest absolute Gasteiger partial charge is 0.295 e. The van der Waals surface area contributed by atoms with Gasteiger partial charge in [-0.3, -0.25) is 31.9 Å². The molecule has 340 valence electrons. The van der Waals surface area contributed by atoms with Crippen molar-refractivity contribution in [2.75, 3.05) is 21.3 Å². The van der Waals surface area contributed by atoms with Gasteiger partial charge in [-0.2, -0.15) is 58.9 Å². The Balaban J connectivity index is 1.62. The Kier molecular flexibility index (Phi) is 12.9. The van der Waals surface area contributed by atoms with Crippen molar-refractivity contribution in [2.45, 2.75) is 41.2 Å². The molecule has 0 fully saturated rings. The van der Waals surface area contributed by atoms with Gasteiger partial charge in [-0.05, 0) is 108 Å². The SMILES string of the molecule is Cc1c(NC(=S)Nc2cc(S(=O)(=O)O)cc3cc(S(=O)(=O)O)cc(S(=O)(=O)O)c23)cc(S(=O)(=O)O)cc1NC(=S)Nc1cc(S(=O)(=O)O)cc2cc(S(=O)(=O)O)cc(S(=O)(=O)O)c12. The minimum atomic E-state index is -5.42. The fraction of sp³-hybridized carbons (Fsp3) is 0.0345. The monoisotopic (exact) mass is 1050 g/mol. The summed E-state index contributed by atoms with van der Waals surface area (Å²) in [6.07, 6.45) is 0. The molecule has 0 amide bonds. The van der Waals surface area contributed by atoms with Gasteiger partial charge >= 0.3 is 0 Å². The first kappa shape index (κ1) is 49.4. The molecular weight excluding hydrogens is 1030 g/mol. The van der Waals surface area contributed by atoms with Crippen molar-refractivity contribution in [1.29, 1.82) is 0 Å². The number of hydrogen-bond acceptors (Lipinski definition) is 16. The number of hydrogen-bond donors (Lipinski definition) is 11. The molecule has 63 heavy (non-hydrogen) atoms. The zero-order valence-corrected chi connectivity index (χ0v) is 37.6. The van der Waals surface area contributed by atoms with E-state index in [2.05, 4.69) is 21.3 Å². The van der Waals surface area contributed by atoms with Crippen molar-refractivity contribution < 1.29 is 90.8 Å². The third kappa shape index (κ3) is 11.2. The van der Waals surface area contributed by atoms with Crippen LogP contribution in [0.3, 0.4) is 0 Å². The van der Waals surface area contributed by atoms with E-state index >= 15 is 0 Å². The Hall–Kier alpha value is -4.63. The zero-order valence-electron chi connectivity index (χ0n) is 30.3. The number of fused-ring (bicyclic) bond motifs is 2. The van der Waals surface area contributed by atoms with Crippen LogP contribution in [0.4, 0.5) is 22.7 Å². The Morgan fingerprint density at radius 2 is 0.587 bits per heavy atom. The van der Waals surface area contributed by atoms with Crippen molar-refractivity contribution >= 4 is 150 Å². The Labute approximate surface area is 366 Å². The van der Waals surface area contributed by atoms with Crippen LogP contribution in [0.5, 0.6) is 0 Å². The lowest BCUT2D eigenvalue weighted by Crippen LogP contribution is -2.23. The van der Waals surface area contributed by atoms with E-state index in [0.717, 1.165) is 12.1 Å². The maximum atomic E-state index is 12.4. The molecule has 5 aromatic rings. The lowest BCUT2D eigenvalue weighted by molar-refractivity contribution is 0.477. The third-order valence-corrected chi connectivity index (χ3v) is 14.7. The summed E-state index contributed by atoms with van der Waals surface area (Å²) in [6, 6.07) is 5.62. The molecule has 25 nitrogen and oxygen atoms in total. The van der Waals surface area contributed by atoms with Gasteiger partial charge in [0.1, 0.15) is 9.79 Å². The van der Waals surface area contributed by atoms with Crippen LogP contribution in [0.2, 0.25) is 0 Å². The topological polar surface area (TPSA) is 429 Å². The molecule has 0 atom stereocenters. The highest BCUT2D eigenvalue weighted by Gasteiger charge is 2.28. The Morgan fingerprint density at radius 3 is 0.841 bits per heavy atom. The fourth-order valence-electron chi connectivity index (χ4n) is 5.69. The fourth-order valence-corrected chi connectivity index (χ4v) is 10.5. The molecule has 0 aliphatic carbocycles. The molecule has 0 saturated heterocycles. The molecule has 34 heteroatoms. The van der Waals surface area contributed by atoms with E-state index in [1.165, 1.54) is 6.92 Å². The van der Waals surface area contributed by atoms with E-state index in [1.54, 1.807) is 0 Å². The molecule has 0 bridgehead atoms. The van der Waals surface area contributed by atoms with Gasteiger partial charge in [0.25, 0.3) is 70.8 Å². The summed E-state index contributed by atoms with van der Waals surface area (Å²) in [7, 11) is -36.8. The lowest BCUT2D eigenvalue weighted by atomic mass is 10.1. The molecule has 0 spiro atoms. The average molecular weight is 1050 g/mol. The quantitative estimate of drug-likeness (QED) is 0.0669. The average Bonchev–Trinajstić information content (AvgIpc) is 3.09. The molecule has 0 heterocycles. The van der Waals surface area contributed by atoms with Gasteiger partial charge in [-0.1, -0.05) is 0 Å². The van der Waals surface area contributed by atoms with Gasteiger partial charge in [0.05, 0.1) is 35.9 Å². The predicted molar refractivity (Wildman–Crippen MR) is 227 cm³/mol. The van der Waals surface area contributed by atoms with Crippen molar-refractivity contribution in [2.24, 2.45) is 0 Å². The molecule has 11 N–H and O–H groups in total. The van der Waals surface area contributed by atoms with E-state index in [9.17, 15) is 90.8 Å². The van der Waals surface area contributed by atoms with Crippen LogP contribution >= 0.6 is 24.4 Å². The third-order valence-electron chi connectivity index (χ3n) is 8.34. The summed E-state index contributed by atoms with van der Waals surface area (Å²) in [5.74, 6) is 0. The molecule has 0 unspecified atom stereocenters. The second-order valence-electron chi connectivity index (χ2n) is 12.6. The standard InChI is InChI=1S/C29H24N4O21S9/c1-12-20(30-28(55)32-22-8-15(57(34,35)36)2-13-4-17(59(40,41)42)10-24(26(13)22)62(49,50)51)6-19(61(46,47)48)7-21(12)31-29(56)33-23-9-16(58(37,38)39)3-14-5-18(60(43,44)45)11-25(27(14)23)63(52,53)54/h2-11H,1H3,(H2,30,32,55)(H2,31,33,56)(H,34,35,36)(H,37,38,39)(H,40,41,42)(H,43,44,45)(H,46,47,48)(H,49,50,51)(H,52,53,54). The van der Waals surface area contributed by atoms with Gasteiger partial charge < -0.3 is 21.3 Å². The van der Waals surface area contributed by atoms with Gasteiger partial charge in [-0.15, -0.1) is 0 Å². The summed E-state index contributed by atoms with van der Waals surface area (Å²) in [5.41, 5.74) is -2.16. The first-order valence-corrected chi connectivity index (χ1v) is 26.6. The van der Waals surface area contributed by atoms with Gasteiger partial charge in [0.2, 0.25) is 0 Å². The number of nitrogens with one attached hydrogen (secondary N) is 4. The van der Waals surface area contributed by atoms with Crippen LogP contribution in [0.15, 0.2) is 94.9 Å². The normalized spacial score (nSPS) is 13.1. The molecule has 0 saturated carbocycles. The first-order chi connectivity index (χ1) is 28.4. The van der Waals surface area contributed by atoms with Gasteiger partial charge in [0, 0.05) is 22.1 Å². The second kappa shape index (κ2) is 16.4. The minimum Gasteiger partial charge on any atom is -0.332 e. The van der Waals surface area contributed by atoms with Crippen molar-refractivity contribution in [3.05, 3.63) is 66.2 Å². The number of benzene rings is 5. The Morgan fingerprint density at radius 1 is 0.365 bits per heavy atom. The van der Waals surface area contributed by atoms with Crippen LogP contribution in [-0.2, 0) is 70.8 Å². The summed E-state index contributed by atoms with van der Waals surface area (Å²) in [4.78, 5) is -7.68. The number of rotatable bonds is 11. The predicted octanol–water partition coefficient (Wildman–Crippen LogP) is 2.65. The van der Waals surface area contributed by atoms with Crippen molar-refractivity contribution in [1.82, 2.24) is 0 Å². The highest BCUT2D eigenvalue weighted by Crippen LogP contribution is 2.38. The Bertz CT molecular complexity index is 3460. The van der Waals surface area contributed by atoms with Crippen LogP contribution in [-0.4, -0.2) is 101 Å². The number of thiocarbonyl (C=S) groups is 2. The summed E-state index contributed by atoms with van der Waals surface area (Å²) in [6.45, 7) is 1.24. The maximum Gasteiger partial charge on any atom is 0.295 e. The van der Waals surface area contributed by atoms with Crippen LogP contribution in [0, 0.1) is 6.92 Å². The summed E-state index contributed by atoms with van der Waals surface area (Å²) >= 11 is 10.5. The van der Waals surface area contributed by atoms with Gasteiger partial charge in [0.15, 0.2) is 10.2 Å².